The minimum atomic E-state index is -0.449. The molecule has 1 heterocycles. The number of amides is 2. The number of benzene rings is 3. The number of hydrogen-bond acceptors (Lipinski definition) is 6. The molecule has 198 valence electrons. The number of hydrogen-bond donors (Lipinski definition) is 2. The van der Waals surface area contributed by atoms with E-state index in [1.807, 2.05) is 79.9 Å². The average Bonchev–Trinajstić information content (AvgIpc) is 3.34. The molecule has 0 bridgehead atoms. The molecule has 0 spiro atoms. The molecule has 0 fully saturated rings. The summed E-state index contributed by atoms with van der Waals surface area (Å²) in [7, 11) is 1.65. The third kappa shape index (κ3) is 6.79. The Morgan fingerprint density at radius 2 is 1.87 bits per heavy atom. The van der Waals surface area contributed by atoms with Crippen LogP contribution in [0.3, 0.4) is 0 Å². The molecule has 0 radical (unpaired) electrons. The highest BCUT2D eigenvalue weighted by Crippen LogP contribution is 2.31. The predicted molar refractivity (Wildman–Crippen MR) is 152 cm³/mol. The normalized spacial score (nSPS) is 11.6. The number of aromatic nitrogens is 3. The van der Waals surface area contributed by atoms with E-state index >= 15 is 0 Å². The van der Waals surface area contributed by atoms with Gasteiger partial charge >= 0.3 is 6.03 Å². The Kier molecular flexibility index (Phi) is 9.15. The molecule has 8 nitrogen and oxygen atoms in total. The summed E-state index contributed by atoms with van der Waals surface area (Å²) in [5, 5.41) is 16.1. The SMILES string of the molecule is CCOc1ccc(NC(=O)NC(C)c2nnc(SCc3cccc(OC)c3)n2-c2cc(Cl)ccc2C)cc1. The van der Waals surface area contributed by atoms with Gasteiger partial charge in [-0.05, 0) is 80.4 Å². The van der Waals surface area contributed by atoms with E-state index in [1.54, 1.807) is 31.0 Å². The van der Waals surface area contributed by atoms with Gasteiger partial charge in [0.1, 0.15) is 11.5 Å². The molecule has 0 saturated carbocycles. The van der Waals surface area contributed by atoms with Crippen molar-refractivity contribution in [3.05, 3.63) is 88.7 Å². The number of carbonyl (C=O) groups is 1. The number of carbonyl (C=O) groups excluding carboxylic acids is 1. The van der Waals surface area contributed by atoms with Crippen LogP contribution < -0.4 is 20.1 Å². The molecule has 0 aliphatic heterocycles. The van der Waals surface area contributed by atoms with E-state index in [2.05, 4.69) is 20.8 Å². The summed E-state index contributed by atoms with van der Waals surface area (Å²) in [6.07, 6.45) is 0. The van der Waals surface area contributed by atoms with Crippen molar-refractivity contribution in [2.45, 2.75) is 37.7 Å². The molecule has 1 unspecified atom stereocenters. The third-order valence-corrected chi connectivity index (χ3v) is 6.97. The van der Waals surface area contributed by atoms with E-state index in [0.29, 0.717) is 34.1 Å². The van der Waals surface area contributed by atoms with Crippen LogP contribution in [-0.4, -0.2) is 34.5 Å². The van der Waals surface area contributed by atoms with Crippen molar-refractivity contribution in [2.75, 3.05) is 19.0 Å². The molecule has 38 heavy (non-hydrogen) atoms. The second kappa shape index (κ2) is 12.7. The average molecular weight is 552 g/mol. The Balaban J connectivity index is 1.56. The summed E-state index contributed by atoms with van der Waals surface area (Å²) >= 11 is 7.91. The van der Waals surface area contributed by atoms with Crippen molar-refractivity contribution in [3.63, 3.8) is 0 Å². The lowest BCUT2D eigenvalue weighted by Crippen LogP contribution is -2.32. The molecular weight excluding hydrogens is 522 g/mol. The first-order valence-electron chi connectivity index (χ1n) is 12.2. The molecule has 0 aliphatic rings. The van der Waals surface area contributed by atoms with E-state index in [1.165, 1.54) is 0 Å². The van der Waals surface area contributed by atoms with Crippen LogP contribution in [0.4, 0.5) is 10.5 Å². The molecule has 1 aromatic heterocycles. The lowest BCUT2D eigenvalue weighted by Gasteiger charge is -2.18. The molecule has 3 aromatic carbocycles. The van der Waals surface area contributed by atoms with Gasteiger partial charge in [0, 0.05) is 16.5 Å². The Bertz CT molecular complexity index is 1390. The van der Waals surface area contributed by atoms with Crippen molar-refractivity contribution in [2.24, 2.45) is 0 Å². The topological polar surface area (TPSA) is 90.3 Å². The van der Waals surface area contributed by atoms with Gasteiger partial charge in [-0.2, -0.15) is 0 Å². The number of ether oxygens (including phenoxy) is 2. The van der Waals surface area contributed by atoms with E-state index in [9.17, 15) is 4.79 Å². The summed E-state index contributed by atoms with van der Waals surface area (Å²) in [4.78, 5) is 12.8. The van der Waals surface area contributed by atoms with Crippen LogP contribution in [0.15, 0.2) is 71.9 Å². The van der Waals surface area contributed by atoms with Crippen LogP contribution in [0.2, 0.25) is 5.02 Å². The minimum Gasteiger partial charge on any atom is -0.497 e. The second-order valence-electron chi connectivity index (χ2n) is 8.52. The van der Waals surface area contributed by atoms with Gasteiger partial charge in [0.15, 0.2) is 11.0 Å². The monoisotopic (exact) mass is 551 g/mol. The van der Waals surface area contributed by atoms with Crippen molar-refractivity contribution in [1.82, 2.24) is 20.1 Å². The fourth-order valence-electron chi connectivity index (χ4n) is 3.84. The van der Waals surface area contributed by atoms with Crippen molar-refractivity contribution >= 4 is 35.1 Å². The van der Waals surface area contributed by atoms with Crippen LogP contribution in [0.1, 0.15) is 36.8 Å². The maximum absolute atomic E-state index is 12.8. The number of anilines is 1. The van der Waals surface area contributed by atoms with E-state index in [4.69, 9.17) is 21.1 Å². The summed E-state index contributed by atoms with van der Waals surface area (Å²) in [5.74, 6) is 2.79. The summed E-state index contributed by atoms with van der Waals surface area (Å²) in [5.41, 5.74) is 3.60. The first-order chi connectivity index (χ1) is 18.4. The van der Waals surface area contributed by atoms with Crippen molar-refractivity contribution in [3.8, 4) is 17.2 Å². The Morgan fingerprint density at radius 1 is 1.08 bits per heavy atom. The first kappa shape index (κ1) is 27.3. The van der Waals surface area contributed by atoms with Crippen LogP contribution in [0.25, 0.3) is 5.69 Å². The zero-order valence-electron chi connectivity index (χ0n) is 21.7. The molecule has 4 aromatic rings. The number of halogens is 1. The minimum absolute atomic E-state index is 0.357. The molecular formula is C28H30ClN5O3S. The lowest BCUT2D eigenvalue weighted by molar-refractivity contribution is 0.248. The highest BCUT2D eigenvalue weighted by molar-refractivity contribution is 7.98. The molecule has 1 atom stereocenters. The maximum Gasteiger partial charge on any atom is 0.319 e. The van der Waals surface area contributed by atoms with Gasteiger partial charge in [-0.1, -0.05) is 41.6 Å². The van der Waals surface area contributed by atoms with Gasteiger partial charge in [-0.15, -0.1) is 10.2 Å². The van der Waals surface area contributed by atoms with Crippen molar-refractivity contribution < 1.29 is 14.3 Å². The van der Waals surface area contributed by atoms with Gasteiger partial charge in [-0.3, -0.25) is 4.57 Å². The number of aryl methyl sites for hydroxylation is 1. The van der Waals surface area contributed by atoms with Crippen LogP contribution >= 0.6 is 23.4 Å². The molecule has 2 amide bonds. The molecule has 2 N–H and O–H groups in total. The van der Waals surface area contributed by atoms with Gasteiger partial charge < -0.3 is 20.1 Å². The fraction of sp³-hybridized carbons (Fsp3) is 0.250. The highest BCUT2D eigenvalue weighted by Gasteiger charge is 2.22. The summed E-state index contributed by atoms with van der Waals surface area (Å²) in [6.45, 7) is 6.38. The Morgan fingerprint density at radius 3 is 2.61 bits per heavy atom. The smallest absolute Gasteiger partial charge is 0.319 e. The number of nitrogens with zero attached hydrogens (tertiary/aromatic N) is 3. The van der Waals surface area contributed by atoms with Gasteiger partial charge in [0.05, 0.1) is 25.4 Å². The molecule has 4 rings (SSSR count). The van der Waals surface area contributed by atoms with Crippen LogP contribution in [-0.2, 0) is 5.75 Å². The zero-order valence-corrected chi connectivity index (χ0v) is 23.3. The van der Waals surface area contributed by atoms with E-state index in [-0.39, 0.29) is 6.03 Å². The van der Waals surface area contributed by atoms with Crippen molar-refractivity contribution in [1.29, 1.82) is 0 Å². The van der Waals surface area contributed by atoms with Gasteiger partial charge in [-0.25, -0.2) is 4.79 Å². The largest absolute Gasteiger partial charge is 0.497 e. The van der Waals surface area contributed by atoms with Crippen LogP contribution in [0, 0.1) is 6.92 Å². The summed E-state index contributed by atoms with van der Waals surface area (Å²) in [6, 6.07) is 20.0. The number of thioether (sulfide) groups is 1. The lowest BCUT2D eigenvalue weighted by atomic mass is 10.2. The fourth-order valence-corrected chi connectivity index (χ4v) is 4.91. The predicted octanol–water partition coefficient (Wildman–Crippen LogP) is 6.81. The van der Waals surface area contributed by atoms with Gasteiger partial charge in [0.25, 0.3) is 0 Å². The Hall–Kier alpha value is -3.69. The number of rotatable bonds is 10. The molecule has 0 aliphatic carbocycles. The number of nitrogens with one attached hydrogen (secondary N) is 2. The summed E-state index contributed by atoms with van der Waals surface area (Å²) < 4.78 is 12.8. The standard InChI is InChI=1S/C28H30ClN5O3S/c1-5-37-23-13-11-22(12-14-23)31-27(35)30-19(3)26-32-33-28(34(26)25-16-21(29)10-9-18(25)2)38-17-20-7-6-8-24(15-20)36-4/h6-16,19H,5,17H2,1-4H3,(H2,30,31,35). The maximum atomic E-state index is 12.8. The highest BCUT2D eigenvalue weighted by atomic mass is 35.5. The molecule has 0 saturated heterocycles. The van der Waals surface area contributed by atoms with Crippen LogP contribution in [0.5, 0.6) is 11.5 Å². The zero-order chi connectivity index (χ0) is 27.1. The number of urea groups is 1. The van der Waals surface area contributed by atoms with Gasteiger partial charge in [0.2, 0.25) is 0 Å². The van der Waals surface area contributed by atoms with E-state index in [0.717, 1.165) is 28.3 Å². The molecule has 10 heteroatoms. The van der Waals surface area contributed by atoms with E-state index < -0.39 is 6.04 Å². The quantitative estimate of drug-likeness (QED) is 0.210. The second-order valence-corrected chi connectivity index (χ2v) is 9.90. The third-order valence-electron chi connectivity index (χ3n) is 5.73. The Labute approximate surface area is 231 Å². The number of methoxy groups -OCH3 is 1. The first-order valence-corrected chi connectivity index (χ1v) is 13.5.